The van der Waals surface area contributed by atoms with Gasteiger partial charge in [0.2, 0.25) is 0 Å². The molecule has 0 saturated carbocycles. The minimum Gasteiger partial charge on any atom is -0.482 e. The van der Waals surface area contributed by atoms with Crippen molar-refractivity contribution in [2.24, 2.45) is 0 Å². The van der Waals surface area contributed by atoms with Crippen molar-refractivity contribution in [3.63, 3.8) is 0 Å². The number of carboxylic acid groups (broad SMARTS) is 1. The fraction of sp³-hybridized carbons (Fsp3) is 0.200. The predicted molar refractivity (Wildman–Crippen MR) is 49.0 cm³/mol. The molecule has 0 bridgehead atoms. The highest BCUT2D eigenvalue weighted by Gasteiger charge is 2.03. The van der Waals surface area contributed by atoms with Crippen LogP contribution in [0.25, 0.3) is 0 Å². The molecule has 0 aliphatic rings. The smallest absolute Gasteiger partial charge is 0.341 e. The van der Waals surface area contributed by atoms with E-state index in [1.54, 1.807) is 19.1 Å². The van der Waals surface area contributed by atoms with Crippen molar-refractivity contribution < 1.29 is 14.6 Å². The summed E-state index contributed by atoms with van der Waals surface area (Å²) in [6, 6.07) is 6.85. The van der Waals surface area contributed by atoms with Crippen LogP contribution in [0.4, 0.5) is 0 Å². The molecule has 0 spiro atoms. The maximum absolute atomic E-state index is 10.2. The van der Waals surface area contributed by atoms with Gasteiger partial charge in [-0.1, -0.05) is 6.07 Å². The van der Waals surface area contributed by atoms with Crippen LogP contribution in [0.2, 0.25) is 0 Å². The maximum Gasteiger partial charge on any atom is 0.341 e. The quantitative estimate of drug-likeness (QED) is 0.782. The van der Waals surface area contributed by atoms with Crippen molar-refractivity contribution >= 4 is 5.97 Å². The van der Waals surface area contributed by atoms with Crippen LogP contribution in [0, 0.1) is 18.3 Å². The SMILES string of the molecule is Cc1ccc(C#N)cc1OCC(=O)O. The minimum atomic E-state index is -1.04. The van der Waals surface area contributed by atoms with Gasteiger partial charge in [-0.15, -0.1) is 0 Å². The number of carbonyl (C=O) groups is 1. The van der Waals surface area contributed by atoms with Crippen LogP contribution in [0.3, 0.4) is 0 Å². The van der Waals surface area contributed by atoms with E-state index >= 15 is 0 Å². The van der Waals surface area contributed by atoms with E-state index in [9.17, 15) is 4.79 Å². The molecule has 0 aliphatic heterocycles. The molecule has 0 heterocycles. The monoisotopic (exact) mass is 191 g/mol. The summed E-state index contributed by atoms with van der Waals surface area (Å²) in [5, 5.41) is 17.0. The third-order valence-electron chi connectivity index (χ3n) is 1.67. The Kier molecular flexibility index (Phi) is 3.08. The molecule has 0 radical (unpaired) electrons. The first-order chi connectivity index (χ1) is 6.63. The number of nitriles is 1. The number of nitrogens with zero attached hydrogens (tertiary/aromatic N) is 1. The van der Waals surface area contributed by atoms with E-state index in [-0.39, 0.29) is 0 Å². The van der Waals surface area contributed by atoms with E-state index in [4.69, 9.17) is 15.1 Å². The lowest BCUT2D eigenvalue weighted by atomic mass is 10.1. The zero-order chi connectivity index (χ0) is 10.6. The summed E-state index contributed by atoms with van der Waals surface area (Å²) in [5.74, 6) is -0.599. The van der Waals surface area contributed by atoms with Crippen LogP contribution in [-0.4, -0.2) is 17.7 Å². The molecule has 0 amide bonds. The third-order valence-corrected chi connectivity index (χ3v) is 1.67. The summed E-state index contributed by atoms with van der Waals surface area (Å²) in [5.41, 5.74) is 1.27. The highest BCUT2D eigenvalue weighted by atomic mass is 16.5. The second-order valence-corrected chi connectivity index (χ2v) is 2.77. The summed E-state index contributed by atoms with van der Waals surface area (Å²) in [4.78, 5) is 10.2. The molecular formula is C10H9NO3. The van der Waals surface area contributed by atoms with Crippen molar-refractivity contribution in [2.75, 3.05) is 6.61 Å². The van der Waals surface area contributed by atoms with E-state index < -0.39 is 12.6 Å². The van der Waals surface area contributed by atoms with E-state index in [0.29, 0.717) is 11.3 Å². The van der Waals surface area contributed by atoms with Crippen LogP contribution in [0.15, 0.2) is 18.2 Å². The van der Waals surface area contributed by atoms with Crippen molar-refractivity contribution in [3.8, 4) is 11.8 Å². The first-order valence-corrected chi connectivity index (χ1v) is 3.99. The fourth-order valence-electron chi connectivity index (χ4n) is 0.965. The van der Waals surface area contributed by atoms with Gasteiger partial charge < -0.3 is 9.84 Å². The van der Waals surface area contributed by atoms with Crippen LogP contribution < -0.4 is 4.74 Å². The number of hydrogen-bond donors (Lipinski definition) is 1. The number of ether oxygens (including phenoxy) is 1. The molecular weight excluding hydrogens is 182 g/mol. The number of hydrogen-bond acceptors (Lipinski definition) is 3. The summed E-state index contributed by atoms with van der Waals surface area (Å²) in [6.45, 7) is 1.40. The van der Waals surface area contributed by atoms with Gasteiger partial charge >= 0.3 is 5.97 Å². The first-order valence-electron chi connectivity index (χ1n) is 3.99. The molecule has 0 fully saturated rings. The second kappa shape index (κ2) is 4.28. The molecule has 14 heavy (non-hydrogen) atoms. The number of carboxylic acids is 1. The van der Waals surface area contributed by atoms with Gasteiger partial charge in [0.05, 0.1) is 11.6 Å². The molecule has 0 atom stereocenters. The van der Waals surface area contributed by atoms with Gasteiger partial charge in [0.1, 0.15) is 5.75 Å². The Labute approximate surface area is 81.4 Å². The fourth-order valence-corrected chi connectivity index (χ4v) is 0.965. The largest absolute Gasteiger partial charge is 0.482 e. The Balaban J connectivity index is 2.85. The highest BCUT2D eigenvalue weighted by molar-refractivity contribution is 5.68. The third kappa shape index (κ3) is 2.49. The summed E-state index contributed by atoms with van der Waals surface area (Å²) >= 11 is 0. The van der Waals surface area contributed by atoms with Gasteiger partial charge in [-0.2, -0.15) is 5.26 Å². The number of rotatable bonds is 3. The minimum absolute atomic E-state index is 0.393. The van der Waals surface area contributed by atoms with Gasteiger partial charge in [0, 0.05) is 0 Å². The van der Waals surface area contributed by atoms with Crippen molar-refractivity contribution in [1.29, 1.82) is 5.26 Å². The van der Waals surface area contributed by atoms with Gasteiger partial charge in [0.15, 0.2) is 6.61 Å². The maximum atomic E-state index is 10.2. The molecule has 1 N–H and O–H groups in total. The highest BCUT2D eigenvalue weighted by Crippen LogP contribution is 2.18. The van der Waals surface area contributed by atoms with Gasteiger partial charge in [-0.3, -0.25) is 0 Å². The van der Waals surface area contributed by atoms with Crippen LogP contribution >= 0.6 is 0 Å². The van der Waals surface area contributed by atoms with Crippen LogP contribution in [0.1, 0.15) is 11.1 Å². The average Bonchev–Trinajstić information content (AvgIpc) is 2.16. The molecule has 0 aliphatic carbocycles. The lowest BCUT2D eigenvalue weighted by molar-refractivity contribution is -0.139. The molecule has 0 aromatic heterocycles. The Morgan fingerprint density at radius 2 is 2.36 bits per heavy atom. The predicted octanol–water partition coefficient (Wildman–Crippen LogP) is 1.33. The van der Waals surface area contributed by atoms with E-state index in [1.807, 2.05) is 6.07 Å². The van der Waals surface area contributed by atoms with E-state index in [1.165, 1.54) is 6.07 Å². The van der Waals surface area contributed by atoms with Crippen molar-refractivity contribution in [2.45, 2.75) is 6.92 Å². The van der Waals surface area contributed by atoms with Crippen molar-refractivity contribution in [3.05, 3.63) is 29.3 Å². The number of aliphatic carboxylic acids is 1. The molecule has 4 heteroatoms. The van der Waals surface area contributed by atoms with Gasteiger partial charge in [0.25, 0.3) is 0 Å². The topological polar surface area (TPSA) is 70.3 Å². The molecule has 1 aromatic carbocycles. The molecule has 0 saturated heterocycles. The zero-order valence-electron chi connectivity index (χ0n) is 7.65. The molecule has 0 unspecified atom stereocenters. The Morgan fingerprint density at radius 3 is 2.93 bits per heavy atom. The zero-order valence-corrected chi connectivity index (χ0v) is 7.65. The second-order valence-electron chi connectivity index (χ2n) is 2.77. The number of aryl methyl sites for hydroxylation is 1. The summed E-state index contributed by atoms with van der Waals surface area (Å²) < 4.78 is 4.99. The van der Waals surface area contributed by atoms with Crippen LogP contribution in [0.5, 0.6) is 5.75 Å². The Bertz CT molecular complexity index is 393. The average molecular weight is 191 g/mol. The Morgan fingerprint density at radius 1 is 1.64 bits per heavy atom. The van der Waals surface area contributed by atoms with Gasteiger partial charge in [-0.25, -0.2) is 4.79 Å². The lowest BCUT2D eigenvalue weighted by Crippen LogP contribution is -2.10. The summed E-state index contributed by atoms with van der Waals surface area (Å²) in [7, 11) is 0. The van der Waals surface area contributed by atoms with Crippen LogP contribution in [-0.2, 0) is 4.79 Å². The normalized spacial score (nSPS) is 9.14. The molecule has 1 aromatic rings. The molecule has 4 nitrogen and oxygen atoms in total. The Hall–Kier alpha value is -2.02. The molecule has 72 valence electrons. The first kappa shape index (κ1) is 10.1. The van der Waals surface area contributed by atoms with E-state index in [0.717, 1.165) is 5.56 Å². The van der Waals surface area contributed by atoms with Crippen molar-refractivity contribution in [1.82, 2.24) is 0 Å². The standard InChI is InChI=1S/C10H9NO3/c1-7-2-3-8(5-11)4-9(7)14-6-10(12)13/h2-4H,6H2,1H3,(H,12,13). The number of benzene rings is 1. The molecule has 1 rings (SSSR count). The van der Waals surface area contributed by atoms with Gasteiger partial charge in [-0.05, 0) is 24.6 Å². The summed E-state index contributed by atoms with van der Waals surface area (Å²) in [6.07, 6.45) is 0. The lowest BCUT2D eigenvalue weighted by Gasteiger charge is -2.06. The van der Waals surface area contributed by atoms with E-state index in [2.05, 4.69) is 0 Å².